The van der Waals surface area contributed by atoms with Gasteiger partial charge in [-0.2, -0.15) is 0 Å². The Bertz CT molecular complexity index is 669. The first-order valence-electron chi connectivity index (χ1n) is 7.70. The third kappa shape index (κ3) is 2.36. The Morgan fingerprint density at radius 3 is 2.52 bits per heavy atom. The lowest BCUT2D eigenvalue weighted by molar-refractivity contribution is -0.874. The molecule has 3 atom stereocenters. The predicted octanol–water partition coefficient (Wildman–Crippen LogP) is 1.43. The minimum atomic E-state index is -0.00327. The number of likely N-dealkylation sites (N-methyl/N-ethyl adjacent to an activating group) is 1. The predicted molar refractivity (Wildman–Crippen MR) is 86.2 cm³/mol. The standard InChI is InChI=1S/C18H23NO4/c1-10(2)14-9-13-17(22-6)12-7-11(20-4)8-15(21-5)16(12)19(3)18(13)23-14/h7-8,14,16H,1,9H2,2-6H3/p+1/t14-,16?/m1/s1. The van der Waals surface area contributed by atoms with E-state index in [-0.39, 0.29) is 12.1 Å². The Hall–Kier alpha value is -2.14. The Balaban J connectivity index is 2.11. The van der Waals surface area contributed by atoms with E-state index < -0.39 is 0 Å². The van der Waals surface area contributed by atoms with E-state index in [4.69, 9.17) is 18.9 Å². The summed E-state index contributed by atoms with van der Waals surface area (Å²) in [6.45, 7) is 6.03. The molecule has 0 saturated carbocycles. The van der Waals surface area contributed by atoms with Gasteiger partial charge in [-0.25, -0.2) is 0 Å². The van der Waals surface area contributed by atoms with Crippen LogP contribution >= 0.6 is 0 Å². The number of nitrogens with one attached hydrogen (secondary N) is 1. The molecule has 2 unspecified atom stereocenters. The maximum Gasteiger partial charge on any atom is 0.298 e. The molecule has 0 aromatic heterocycles. The highest BCUT2D eigenvalue weighted by molar-refractivity contribution is 5.50. The van der Waals surface area contributed by atoms with Crippen LogP contribution in [0.1, 0.15) is 13.3 Å². The number of hydrogen-bond acceptors (Lipinski definition) is 4. The van der Waals surface area contributed by atoms with Crippen molar-refractivity contribution in [3.8, 4) is 0 Å². The van der Waals surface area contributed by atoms with Gasteiger partial charge >= 0.3 is 0 Å². The lowest BCUT2D eigenvalue weighted by Crippen LogP contribution is -3.12. The van der Waals surface area contributed by atoms with Crippen molar-refractivity contribution in [2.45, 2.75) is 25.5 Å². The molecule has 1 aliphatic carbocycles. The van der Waals surface area contributed by atoms with Gasteiger partial charge in [0.2, 0.25) is 0 Å². The van der Waals surface area contributed by atoms with Crippen LogP contribution in [-0.4, -0.2) is 40.5 Å². The van der Waals surface area contributed by atoms with Crippen LogP contribution < -0.4 is 4.90 Å². The fraction of sp³-hybridized carbons (Fsp3) is 0.444. The highest BCUT2D eigenvalue weighted by atomic mass is 16.5. The molecule has 5 nitrogen and oxygen atoms in total. The zero-order valence-corrected chi connectivity index (χ0v) is 14.4. The van der Waals surface area contributed by atoms with E-state index in [2.05, 4.69) is 13.6 Å². The van der Waals surface area contributed by atoms with Crippen LogP contribution in [0.5, 0.6) is 0 Å². The average Bonchev–Trinajstić information content (AvgIpc) is 2.99. The average molecular weight is 318 g/mol. The van der Waals surface area contributed by atoms with Gasteiger partial charge in [0.25, 0.3) is 5.88 Å². The van der Waals surface area contributed by atoms with E-state index in [0.29, 0.717) is 0 Å². The lowest BCUT2D eigenvalue weighted by atomic mass is 9.90. The van der Waals surface area contributed by atoms with Gasteiger partial charge in [-0.05, 0) is 18.6 Å². The van der Waals surface area contributed by atoms with Gasteiger partial charge in [0.1, 0.15) is 17.6 Å². The van der Waals surface area contributed by atoms with Crippen LogP contribution in [0.15, 0.2) is 58.6 Å². The van der Waals surface area contributed by atoms with Crippen molar-refractivity contribution < 1.29 is 23.8 Å². The minimum absolute atomic E-state index is 0.00158. The number of ether oxygens (including phenoxy) is 4. The number of fused-ring (bicyclic) bond motifs is 1. The monoisotopic (exact) mass is 318 g/mol. The molecule has 3 rings (SSSR count). The molecule has 0 spiro atoms. The van der Waals surface area contributed by atoms with Crippen LogP contribution in [0.3, 0.4) is 0 Å². The van der Waals surface area contributed by atoms with Crippen molar-refractivity contribution in [2.75, 3.05) is 28.4 Å². The van der Waals surface area contributed by atoms with Crippen molar-refractivity contribution in [1.29, 1.82) is 0 Å². The van der Waals surface area contributed by atoms with Crippen molar-refractivity contribution >= 4 is 0 Å². The summed E-state index contributed by atoms with van der Waals surface area (Å²) in [5.74, 6) is 3.37. The van der Waals surface area contributed by atoms with E-state index >= 15 is 0 Å². The fourth-order valence-electron chi connectivity index (χ4n) is 3.47. The summed E-state index contributed by atoms with van der Waals surface area (Å²) in [6, 6.07) is -0.00327. The summed E-state index contributed by atoms with van der Waals surface area (Å²) in [5.41, 5.74) is 3.19. The van der Waals surface area contributed by atoms with E-state index in [1.165, 1.54) is 0 Å². The largest absolute Gasteiger partial charge is 0.497 e. The topological polar surface area (TPSA) is 41.4 Å². The molecule has 0 aromatic rings. The van der Waals surface area contributed by atoms with Crippen LogP contribution in [-0.2, 0) is 18.9 Å². The molecule has 5 heteroatoms. The summed E-state index contributed by atoms with van der Waals surface area (Å²) in [4.78, 5) is 1.14. The smallest absolute Gasteiger partial charge is 0.298 e. The molecule has 2 heterocycles. The van der Waals surface area contributed by atoms with Gasteiger partial charge < -0.3 is 18.9 Å². The van der Waals surface area contributed by atoms with Crippen molar-refractivity contribution in [1.82, 2.24) is 0 Å². The molecule has 1 N–H and O–H groups in total. The third-order valence-corrected chi connectivity index (χ3v) is 4.65. The second-order valence-corrected chi connectivity index (χ2v) is 6.07. The molecular formula is C18H24NO4+. The normalized spacial score (nSPS) is 29.2. The fourth-order valence-corrected chi connectivity index (χ4v) is 3.47. The van der Waals surface area contributed by atoms with E-state index in [1.54, 1.807) is 21.3 Å². The molecule has 0 aromatic carbocycles. The molecule has 23 heavy (non-hydrogen) atoms. The van der Waals surface area contributed by atoms with Crippen LogP contribution in [0.4, 0.5) is 0 Å². The third-order valence-electron chi connectivity index (χ3n) is 4.65. The van der Waals surface area contributed by atoms with Gasteiger partial charge in [-0.3, -0.25) is 4.90 Å². The second-order valence-electron chi connectivity index (χ2n) is 6.07. The molecule has 0 radical (unpaired) electrons. The SMILES string of the molecule is C=C(C)[C@H]1CC2=C(O1)[NH+](C)C1C(OC)=CC(OC)=CC1=C2OC. The number of quaternary nitrogens is 1. The molecule has 124 valence electrons. The number of rotatable bonds is 4. The molecular weight excluding hydrogens is 294 g/mol. The van der Waals surface area contributed by atoms with Crippen molar-refractivity contribution in [3.63, 3.8) is 0 Å². The van der Waals surface area contributed by atoms with Crippen molar-refractivity contribution in [3.05, 3.63) is 58.6 Å². The Morgan fingerprint density at radius 2 is 1.96 bits per heavy atom. The van der Waals surface area contributed by atoms with Gasteiger partial charge in [-0.1, -0.05) is 6.58 Å². The molecule has 0 saturated heterocycles. The Labute approximate surface area is 137 Å². The van der Waals surface area contributed by atoms with Crippen LogP contribution in [0.25, 0.3) is 0 Å². The summed E-state index contributed by atoms with van der Waals surface area (Å²) in [7, 11) is 7.12. The first-order chi connectivity index (χ1) is 11.0. The van der Waals surface area contributed by atoms with Gasteiger partial charge in [-0.15, -0.1) is 0 Å². The number of hydrogen-bond donors (Lipinski definition) is 1. The first kappa shape index (κ1) is 15.7. The van der Waals surface area contributed by atoms with Gasteiger partial charge in [0.15, 0.2) is 11.8 Å². The number of methoxy groups -OCH3 is 3. The molecule has 0 amide bonds. The first-order valence-corrected chi connectivity index (χ1v) is 7.70. The maximum absolute atomic E-state index is 6.16. The summed E-state index contributed by atoms with van der Waals surface area (Å²) in [5, 5.41) is 0. The zero-order chi connectivity index (χ0) is 16.7. The quantitative estimate of drug-likeness (QED) is 0.797. The Kier molecular flexibility index (Phi) is 3.98. The van der Waals surface area contributed by atoms with Crippen molar-refractivity contribution in [2.24, 2.45) is 0 Å². The second kappa shape index (κ2) is 5.81. The molecule has 0 bridgehead atoms. The van der Waals surface area contributed by atoms with E-state index in [0.717, 1.165) is 51.2 Å². The summed E-state index contributed by atoms with van der Waals surface area (Å²) in [6.07, 6.45) is 4.72. The highest BCUT2D eigenvalue weighted by Gasteiger charge is 2.47. The van der Waals surface area contributed by atoms with Crippen LogP contribution in [0.2, 0.25) is 0 Å². The zero-order valence-electron chi connectivity index (χ0n) is 14.4. The maximum atomic E-state index is 6.16. The lowest BCUT2D eigenvalue weighted by Gasteiger charge is -2.33. The molecule has 3 aliphatic rings. The summed E-state index contributed by atoms with van der Waals surface area (Å²) >= 11 is 0. The van der Waals surface area contributed by atoms with E-state index in [9.17, 15) is 0 Å². The Morgan fingerprint density at radius 1 is 1.22 bits per heavy atom. The van der Waals surface area contributed by atoms with Crippen LogP contribution in [0, 0.1) is 0 Å². The number of allylic oxidation sites excluding steroid dienone is 2. The minimum Gasteiger partial charge on any atom is -0.497 e. The molecule has 0 fully saturated rings. The molecule has 2 aliphatic heterocycles. The van der Waals surface area contributed by atoms with Gasteiger partial charge in [0.05, 0.1) is 39.5 Å². The summed E-state index contributed by atoms with van der Waals surface area (Å²) < 4.78 is 22.9. The highest BCUT2D eigenvalue weighted by Crippen LogP contribution is 2.38. The van der Waals surface area contributed by atoms with Gasteiger partial charge in [0, 0.05) is 12.5 Å². The van der Waals surface area contributed by atoms with E-state index in [1.807, 2.05) is 19.1 Å².